The summed E-state index contributed by atoms with van der Waals surface area (Å²) in [5.41, 5.74) is 0.622. The third kappa shape index (κ3) is 1.60. The Kier molecular flexibility index (Phi) is 2.41. The normalized spacial score (nSPS) is 22.6. The summed E-state index contributed by atoms with van der Waals surface area (Å²) < 4.78 is 23.7. The van der Waals surface area contributed by atoms with Crippen LogP contribution in [0, 0.1) is 0 Å². The lowest BCUT2D eigenvalue weighted by molar-refractivity contribution is 0.138. The van der Waals surface area contributed by atoms with Crippen LogP contribution in [0.4, 0.5) is 0 Å². The SMILES string of the molecule is NOCC1Cc2cc(O)ccc2S1(=O)=O. The van der Waals surface area contributed by atoms with Crippen LogP contribution in [0.15, 0.2) is 23.1 Å². The minimum atomic E-state index is -3.34. The summed E-state index contributed by atoms with van der Waals surface area (Å²) in [5.74, 6) is 4.95. The fourth-order valence-corrected chi connectivity index (χ4v) is 3.57. The molecule has 0 radical (unpaired) electrons. The number of fused-ring (bicyclic) bond motifs is 1. The van der Waals surface area contributed by atoms with Crippen molar-refractivity contribution >= 4 is 9.84 Å². The Balaban J connectivity index is 2.48. The third-order valence-electron chi connectivity index (χ3n) is 2.52. The first-order valence-electron chi connectivity index (χ1n) is 4.43. The van der Waals surface area contributed by atoms with Gasteiger partial charge in [0.1, 0.15) is 5.75 Å². The van der Waals surface area contributed by atoms with Gasteiger partial charge in [-0.1, -0.05) is 0 Å². The number of hydrogen-bond donors (Lipinski definition) is 2. The van der Waals surface area contributed by atoms with Gasteiger partial charge >= 0.3 is 0 Å². The average Bonchev–Trinajstić information content (AvgIpc) is 2.39. The van der Waals surface area contributed by atoms with Crippen LogP contribution in [0.5, 0.6) is 5.75 Å². The van der Waals surface area contributed by atoms with E-state index in [1.54, 1.807) is 0 Å². The van der Waals surface area contributed by atoms with Gasteiger partial charge in [-0.05, 0) is 30.2 Å². The second kappa shape index (κ2) is 3.48. The molecule has 0 amide bonds. The van der Waals surface area contributed by atoms with E-state index < -0.39 is 15.1 Å². The molecular formula is C9H11NO4S. The van der Waals surface area contributed by atoms with Crippen LogP contribution in [0.1, 0.15) is 5.56 Å². The van der Waals surface area contributed by atoms with E-state index in [0.29, 0.717) is 12.0 Å². The Labute approximate surface area is 87.3 Å². The molecule has 2 rings (SSSR count). The van der Waals surface area contributed by atoms with Crippen molar-refractivity contribution in [3.8, 4) is 5.75 Å². The number of nitrogens with two attached hydrogens (primary N) is 1. The van der Waals surface area contributed by atoms with Gasteiger partial charge in [0.25, 0.3) is 0 Å². The predicted molar refractivity (Wildman–Crippen MR) is 52.9 cm³/mol. The highest BCUT2D eigenvalue weighted by Gasteiger charge is 2.37. The maximum absolute atomic E-state index is 11.9. The molecule has 1 aliphatic rings. The van der Waals surface area contributed by atoms with Crippen molar-refractivity contribution in [2.24, 2.45) is 5.90 Å². The van der Waals surface area contributed by atoms with E-state index in [0.717, 1.165) is 0 Å². The van der Waals surface area contributed by atoms with Gasteiger partial charge in [-0.3, -0.25) is 0 Å². The fraction of sp³-hybridized carbons (Fsp3) is 0.333. The Morgan fingerprint density at radius 1 is 1.53 bits per heavy atom. The van der Waals surface area contributed by atoms with Gasteiger partial charge in [-0.25, -0.2) is 14.3 Å². The zero-order valence-corrected chi connectivity index (χ0v) is 8.70. The van der Waals surface area contributed by atoms with Gasteiger partial charge in [-0.2, -0.15) is 0 Å². The van der Waals surface area contributed by atoms with Gasteiger partial charge < -0.3 is 9.94 Å². The highest BCUT2D eigenvalue weighted by molar-refractivity contribution is 7.92. The van der Waals surface area contributed by atoms with Crippen molar-refractivity contribution in [3.63, 3.8) is 0 Å². The number of phenolic OH excluding ortho intramolecular Hbond substituents is 1. The molecule has 3 N–H and O–H groups in total. The largest absolute Gasteiger partial charge is 0.508 e. The predicted octanol–water partition coefficient (Wildman–Crippen LogP) is -0.0191. The van der Waals surface area contributed by atoms with Gasteiger partial charge in [0.15, 0.2) is 9.84 Å². The maximum Gasteiger partial charge on any atom is 0.184 e. The van der Waals surface area contributed by atoms with Crippen molar-refractivity contribution in [2.45, 2.75) is 16.6 Å². The van der Waals surface area contributed by atoms with Crippen LogP contribution in [0.3, 0.4) is 0 Å². The molecule has 1 atom stereocenters. The first kappa shape index (κ1) is 10.4. The second-order valence-corrected chi connectivity index (χ2v) is 5.69. The molecule has 1 aromatic carbocycles. The number of sulfone groups is 1. The van der Waals surface area contributed by atoms with E-state index in [1.165, 1.54) is 18.2 Å². The minimum Gasteiger partial charge on any atom is -0.508 e. The molecule has 15 heavy (non-hydrogen) atoms. The van der Waals surface area contributed by atoms with Crippen molar-refractivity contribution in [1.82, 2.24) is 0 Å². The van der Waals surface area contributed by atoms with Gasteiger partial charge in [0.05, 0.1) is 16.8 Å². The molecule has 6 heteroatoms. The first-order chi connectivity index (χ1) is 7.05. The summed E-state index contributed by atoms with van der Waals surface area (Å²) in [6, 6.07) is 4.24. The lowest BCUT2D eigenvalue weighted by Crippen LogP contribution is -2.24. The topological polar surface area (TPSA) is 89.6 Å². The Hall–Kier alpha value is -1.11. The Bertz CT molecular complexity index is 483. The molecule has 1 heterocycles. The molecule has 0 saturated carbocycles. The van der Waals surface area contributed by atoms with Gasteiger partial charge in [0, 0.05) is 0 Å². The van der Waals surface area contributed by atoms with Crippen LogP contribution < -0.4 is 5.90 Å². The van der Waals surface area contributed by atoms with Crippen LogP contribution in [0.2, 0.25) is 0 Å². The molecule has 0 aromatic heterocycles. The summed E-state index contributed by atoms with van der Waals surface area (Å²) in [4.78, 5) is 4.65. The Morgan fingerprint density at radius 2 is 2.27 bits per heavy atom. The quantitative estimate of drug-likeness (QED) is 0.696. The smallest absolute Gasteiger partial charge is 0.184 e. The number of hydrogen-bond acceptors (Lipinski definition) is 5. The number of benzene rings is 1. The lowest BCUT2D eigenvalue weighted by Gasteiger charge is -2.06. The van der Waals surface area contributed by atoms with Crippen LogP contribution >= 0.6 is 0 Å². The molecule has 1 aromatic rings. The third-order valence-corrected chi connectivity index (χ3v) is 4.71. The molecule has 0 bridgehead atoms. The molecular weight excluding hydrogens is 218 g/mol. The zero-order chi connectivity index (χ0) is 11.1. The monoisotopic (exact) mass is 229 g/mol. The van der Waals surface area contributed by atoms with Gasteiger partial charge in [-0.15, -0.1) is 0 Å². The van der Waals surface area contributed by atoms with Crippen LogP contribution in [-0.2, 0) is 21.1 Å². The molecule has 0 fully saturated rings. The lowest BCUT2D eigenvalue weighted by atomic mass is 10.1. The Morgan fingerprint density at radius 3 is 2.93 bits per heavy atom. The van der Waals surface area contributed by atoms with E-state index in [4.69, 9.17) is 5.90 Å². The summed E-state index contributed by atoms with van der Waals surface area (Å²) >= 11 is 0. The van der Waals surface area contributed by atoms with Gasteiger partial charge in [0.2, 0.25) is 0 Å². The molecule has 1 aliphatic heterocycles. The molecule has 82 valence electrons. The molecule has 0 aliphatic carbocycles. The van der Waals surface area contributed by atoms with E-state index >= 15 is 0 Å². The fourth-order valence-electron chi connectivity index (χ4n) is 1.79. The van der Waals surface area contributed by atoms with E-state index in [-0.39, 0.29) is 17.3 Å². The van der Waals surface area contributed by atoms with Crippen molar-refractivity contribution < 1.29 is 18.4 Å². The summed E-state index contributed by atoms with van der Waals surface area (Å²) in [6.45, 7) is -0.0300. The highest BCUT2D eigenvalue weighted by atomic mass is 32.2. The van der Waals surface area contributed by atoms with Crippen molar-refractivity contribution in [1.29, 1.82) is 0 Å². The van der Waals surface area contributed by atoms with E-state index in [2.05, 4.69) is 4.84 Å². The first-order valence-corrected chi connectivity index (χ1v) is 5.98. The van der Waals surface area contributed by atoms with Crippen LogP contribution in [-0.4, -0.2) is 25.4 Å². The molecule has 5 nitrogen and oxygen atoms in total. The standard InChI is InChI=1S/C9H11NO4S/c10-14-5-8-4-6-3-7(11)1-2-9(6)15(8,12)13/h1-3,8,11H,4-5,10H2. The molecule has 0 saturated heterocycles. The van der Waals surface area contributed by atoms with E-state index in [9.17, 15) is 13.5 Å². The van der Waals surface area contributed by atoms with E-state index in [1.807, 2.05) is 0 Å². The average molecular weight is 229 g/mol. The molecule has 1 unspecified atom stereocenters. The second-order valence-electron chi connectivity index (χ2n) is 3.50. The number of rotatable bonds is 2. The maximum atomic E-state index is 11.9. The summed E-state index contributed by atoms with van der Waals surface area (Å²) in [7, 11) is -3.34. The minimum absolute atomic E-state index is 0.0300. The van der Waals surface area contributed by atoms with Crippen LogP contribution in [0.25, 0.3) is 0 Å². The zero-order valence-electron chi connectivity index (χ0n) is 7.88. The number of phenols is 1. The van der Waals surface area contributed by atoms with Crippen molar-refractivity contribution in [2.75, 3.05) is 6.61 Å². The highest BCUT2D eigenvalue weighted by Crippen LogP contribution is 2.33. The molecule has 0 spiro atoms. The summed E-state index contributed by atoms with van der Waals surface area (Å²) in [6.07, 6.45) is 0.337. The summed E-state index contributed by atoms with van der Waals surface area (Å²) in [5, 5.41) is 8.59. The number of aromatic hydroxyl groups is 1. The van der Waals surface area contributed by atoms with Crippen molar-refractivity contribution in [3.05, 3.63) is 23.8 Å².